The predicted molar refractivity (Wildman–Crippen MR) is 98.6 cm³/mol. The van der Waals surface area contributed by atoms with Crippen LogP contribution in [0.4, 0.5) is 0 Å². The number of carbonyl (C=O) groups excluding carboxylic acids is 1. The Hall–Kier alpha value is -3.07. The van der Waals surface area contributed by atoms with Crippen molar-refractivity contribution in [3.8, 4) is 5.82 Å². The van der Waals surface area contributed by atoms with Gasteiger partial charge in [0, 0.05) is 25.0 Å². The molecule has 3 heterocycles. The van der Waals surface area contributed by atoms with E-state index in [2.05, 4.69) is 75.9 Å². The van der Waals surface area contributed by atoms with Gasteiger partial charge >= 0.3 is 0 Å². The van der Waals surface area contributed by atoms with Gasteiger partial charge in [0.1, 0.15) is 11.9 Å². The van der Waals surface area contributed by atoms with Crippen molar-refractivity contribution < 1.29 is 4.79 Å². The minimum Gasteiger partial charge on any atom is -0.336 e. The minimum absolute atomic E-state index is 0.0734. The second-order valence-corrected chi connectivity index (χ2v) is 7.14. The van der Waals surface area contributed by atoms with Gasteiger partial charge in [-0.3, -0.25) is 9.89 Å². The Morgan fingerprint density at radius 2 is 2.00 bits per heavy atom. The average molecular weight is 366 g/mol. The van der Waals surface area contributed by atoms with Gasteiger partial charge in [-0.05, 0) is 37.0 Å². The van der Waals surface area contributed by atoms with Gasteiger partial charge < -0.3 is 9.80 Å². The van der Waals surface area contributed by atoms with Crippen molar-refractivity contribution in [1.29, 1.82) is 0 Å². The molecule has 9 heteroatoms. The van der Waals surface area contributed by atoms with Crippen molar-refractivity contribution in [2.45, 2.75) is 18.9 Å². The van der Waals surface area contributed by atoms with E-state index in [0.29, 0.717) is 24.5 Å². The van der Waals surface area contributed by atoms with Gasteiger partial charge in [-0.1, -0.05) is 29.8 Å². The Bertz CT molecular complexity index is 915. The molecule has 1 aliphatic rings. The Labute approximate surface area is 157 Å². The fourth-order valence-electron chi connectivity index (χ4n) is 3.66. The molecule has 4 rings (SSSR count). The summed E-state index contributed by atoms with van der Waals surface area (Å²) in [6.07, 6.45) is 2.97. The standard InChI is InChI=1S/C18H22N8O/c1-12-4-6-13(7-5-12)15-9-25(10-16(15)24(2)3)18(27)14-8-19-21-17(14)26-11-20-22-23-26/h4-8,11,15-16H,9-10H2,1-3H3,(H,19,21). The molecule has 2 atom stereocenters. The van der Waals surface area contributed by atoms with E-state index in [1.165, 1.54) is 28.3 Å². The van der Waals surface area contributed by atoms with Crippen LogP contribution in [0.2, 0.25) is 0 Å². The smallest absolute Gasteiger partial charge is 0.259 e. The topological polar surface area (TPSA) is 95.8 Å². The summed E-state index contributed by atoms with van der Waals surface area (Å²) in [5.74, 6) is 0.661. The summed E-state index contributed by atoms with van der Waals surface area (Å²) < 4.78 is 1.41. The Morgan fingerprint density at radius 1 is 1.22 bits per heavy atom. The molecule has 1 saturated heterocycles. The zero-order valence-corrected chi connectivity index (χ0v) is 15.6. The second kappa shape index (κ2) is 6.92. The maximum atomic E-state index is 13.2. The van der Waals surface area contributed by atoms with Crippen LogP contribution < -0.4 is 0 Å². The number of nitrogens with zero attached hydrogens (tertiary/aromatic N) is 7. The lowest BCUT2D eigenvalue weighted by Gasteiger charge is -2.25. The number of carbonyl (C=O) groups is 1. The molecule has 3 aromatic rings. The molecule has 27 heavy (non-hydrogen) atoms. The number of aryl methyl sites for hydroxylation is 1. The summed E-state index contributed by atoms with van der Waals surface area (Å²) in [7, 11) is 4.12. The molecule has 1 aliphatic heterocycles. The van der Waals surface area contributed by atoms with Gasteiger partial charge in [-0.15, -0.1) is 5.10 Å². The number of likely N-dealkylation sites (N-methyl/N-ethyl adjacent to an activating group) is 1. The highest BCUT2D eigenvalue weighted by Gasteiger charge is 2.38. The molecule has 1 fully saturated rings. The first-order valence-electron chi connectivity index (χ1n) is 8.83. The molecule has 1 aromatic carbocycles. The molecule has 140 valence electrons. The van der Waals surface area contributed by atoms with Crippen LogP contribution in [0.25, 0.3) is 5.82 Å². The largest absolute Gasteiger partial charge is 0.336 e. The van der Waals surface area contributed by atoms with Crippen molar-refractivity contribution in [3.63, 3.8) is 0 Å². The summed E-state index contributed by atoms with van der Waals surface area (Å²) in [6.45, 7) is 3.40. The molecule has 0 radical (unpaired) electrons. The van der Waals surface area contributed by atoms with Gasteiger partial charge in [0.05, 0.1) is 6.20 Å². The Balaban J connectivity index is 1.61. The minimum atomic E-state index is -0.0734. The van der Waals surface area contributed by atoms with E-state index < -0.39 is 0 Å². The van der Waals surface area contributed by atoms with E-state index in [4.69, 9.17) is 0 Å². The molecule has 1 amide bonds. The van der Waals surface area contributed by atoms with E-state index in [9.17, 15) is 4.79 Å². The molecule has 2 aromatic heterocycles. The van der Waals surface area contributed by atoms with Crippen molar-refractivity contribution in [1.82, 2.24) is 40.2 Å². The highest BCUT2D eigenvalue weighted by molar-refractivity contribution is 5.97. The summed E-state index contributed by atoms with van der Waals surface area (Å²) >= 11 is 0. The van der Waals surface area contributed by atoms with Crippen LogP contribution >= 0.6 is 0 Å². The first-order chi connectivity index (χ1) is 13.0. The first kappa shape index (κ1) is 17.3. The van der Waals surface area contributed by atoms with Crippen LogP contribution in [0.3, 0.4) is 0 Å². The number of H-pyrrole nitrogens is 1. The maximum Gasteiger partial charge on any atom is 0.259 e. The zero-order valence-electron chi connectivity index (χ0n) is 15.6. The number of tetrazole rings is 1. The number of rotatable bonds is 4. The van der Waals surface area contributed by atoms with Crippen LogP contribution in [0.1, 0.15) is 27.4 Å². The van der Waals surface area contributed by atoms with E-state index in [-0.39, 0.29) is 17.9 Å². The SMILES string of the molecule is Cc1ccc(C2CN(C(=O)c3cn[nH]c3-n3cnnn3)CC2N(C)C)cc1. The lowest BCUT2D eigenvalue weighted by atomic mass is 9.93. The number of hydrogen-bond acceptors (Lipinski definition) is 6. The van der Waals surface area contributed by atoms with Crippen molar-refractivity contribution in [3.05, 3.63) is 53.5 Å². The highest BCUT2D eigenvalue weighted by atomic mass is 16.2. The third-order valence-electron chi connectivity index (χ3n) is 5.17. The normalized spacial score (nSPS) is 19.8. The van der Waals surface area contributed by atoms with Crippen LogP contribution in [0, 0.1) is 6.92 Å². The van der Waals surface area contributed by atoms with Crippen LogP contribution in [0.15, 0.2) is 36.8 Å². The van der Waals surface area contributed by atoms with Crippen molar-refractivity contribution in [2.75, 3.05) is 27.2 Å². The summed E-state index contributed by atoms with van der Waals surface area (Å²) in [5, 5.41) is 17.9. The molecule has 0 bridgehead atoms. The van der Waals surface area contributed by atoms with Gasteiger partial charge in [0.2, 0.25) is 0 Å². The van der Waals surface area contributed by atoms with E-state index >= 15 is 0 Å². The second-order valence-electron chi connectivity index (χ2n) is 7.14. The number of amides is 1. The van der Waals surface area contributed by atoms with Crippen molar-refractivity contribution >= 4 is 5.91 Å². The number of likely N-dealkylation sites (tertiary alicyclic amines) is 1. The maximum absolute atomic E-state index is 13.2. The summed E-state index contributed by atoms with van der Waals surface area (Å²) in [6, 6.07) is 8.82. The van der Waals surface area contributed by atoms with E-state index in [1.54, 1.807) is 0 Å². The lowest BCUT2D eigenvalue weighted by Crippen LogP contribution is -2.36. The Morgan fingerprint density at radius 3 is 2.67 bits per heavy atom. The molecule has 0 aliphatic carbocycles. The molecule has 9 nitrogen and oxygen atoms in total. The molecule has 2 unspecified atom stereocenters. The fourth-order valence-corrected chi connectivity index (χ4v) is 3.66. The van der Waals surface area contributed by atoms with E-state index in [1.807, 2.05) is 4.90 Å². The quantitative estimate of drug-likeness (QED) is 0.736. The lowest BCUT2D eigenvalue weighted by molar-refractivity contribution is 0.0782. The zero-order chi connectivity index (χ0) is 19.0. The molecule has 0 spiro atoms. The third kappa shape index (κ3) is 3.21. The molecular weight excluding hydrogens is 344 g/mol. The summed E-state index contributed by atoms with van der Waals surface area (Å²) in [4.78, 5) is 17.3. The Kier molecular flexibility index (Phi) is 4.44. The first-order valence-corrected chi connectivity index (χ1v) is 8.83. The molecular formula is C18H22N8O. The van der Waals surface area contributed by atoms with Crippen molar-refractivity contribution in [2.24, 2.45) is 0 Å². The number of nitrogens with one attached hydrogen (secondary N) is 1. The molecule has 1 N–H and O–H groups in total. The highest BCUT2D eigenvalue weighted by Crippen LogP contribution is 2.31. The van der Waals surface area contributed by atoms with Gasteiger partial charge in [0.15, 0.2) is 5.82 Å². The van der Waals surface area contributed by atoms with Crippen LogP contribution in [0.5, 0.6) is 0 Å². The predicted octanol–water partition coefficient (Wildman–Crippen LogP) is 0.864. The molecule has 0 saturated carbocycles. The van der Waals surface area contributed by atoms with Gasteiger partial charge in [-0.25, -0.2) is 0 Å². The number of aromatic amines is 1. The number of hydrogen-bond donors (Lipinski definition) is 1. The van der Waals surface area contributed by atoms with E-state index in [0.717, 1.165) is 0 Å². The van der Waals surface area contributed by atoms with Crippen LogP contribution in [-0.2, 0) is 0 Å². The van der Waals surface area contributed by atoms with Gasteiger partial charge in [-0.2, -0.15) is 9.78 Å². The fraction of sp³-hybridized carbons (Fsp3) is 0.389. The van der Waals surface area contributed by atoms with Crippen LogP contribution in [-0.4, -0.2) is 79.3 Å². The third-order valence-corrected chi connectivity index (χ3v) is 5.17. The monoisotopic (exact) mass is 366 g/mol. The van der Waals surface area contributed by atoms with Gasteiger partial charge in [0.25, 0.3) is 5.91 Å². The average Bonchev–Trinajstić information content (AvgIpc) is 3.40. The summed E-state index contributed by atoms with van der Waals surface area (Å²) in [5.41, 5.74) is 2.95. The number of aromatic nitrogens is 6. The number of benzene rings is 1.